The number of hydrogen-bond donors (Lipinski definition) is 2. The minimum atomic E-state index is -4.66. The van der Waals surface area contributed by atoms with Gasteiger partial charge in [-0.15, -0.1) is 0 Å². The number of rotatable bonds is 3. The molecule has 2 N–H and O–H groups in total. The number of carboxylic acid groups (broad SMARTS) is 1. The fourth-order valence-corrected chi connectivity index (χ4v) is 3.08. The number of hydrogen-bond acceptors (Lipinski definition) is 3. The summed E-state index contributed by atoms with van der Waals surface area (Å²) in [7, 11) is 0. The van der Waals surface area contributed by atoms with Crippen molar-refractivity contribution in [1.82, 2.24) is 15.2 Å². The van der Waals surface area contributed by atoms with Crippen LogP contribution in [0.25, 0.3) is 10.9 Å². The molecule has 0 spiro atoms. The van der Waals surface area contributed by atoms with E-state index in [1.807, 2.05) is 12.1 Å². The minimum absolute atomic E-state index is 0.120. The largest absolute Gasteiger partial charge is 0.481 e. The number of halogens is 3. The van der Waals surface area contributed by atoms with Crippen LogP contribution in [-0.4, -0.2) is 46.3 Å². The van der Waals surface area contributed by atoms with E-state index in [9.17, 15) is 22.8 Å². The normalized spacial score (nSPS) is 20.3. The second-order valence-corrected chi connectivity index (χ2v) is 6.19. The number of pyridine rings is 1. The molecule has 0 radical (unpaired) electrons. The molecule has 1 saturated heterocycles. The molecule has 26 heavy (non-hydrogen) atoms. The molecular formula is C17H16F3N3O3. The zero-order chi connectivity index (χ0) is 18.9. The molecule has 1 aliphatic heterocycles. The summed E-state index contributed by atoms with van der Waals surface area (Å²) in [5.74, 6) is -5.25. The van der Waals surface area contributed by atoms with Crippen molar-refractivity contribution >= 4 is 22.9 Å². The van der Waals surface area contributed by atoms with Gasteiger partial charge < -0.3 is 15.3 Å². The van der Waals surface area contributed by atoms with E-state index in [-0.39, 0.29) is 6.54 Å². The highest BCUT2D eigenvalue weighted by Gasteiger charge is 2.53. The van der Waals surface area contributed by atoms with Crippen LogP contribution in [0.5, 0.6) is 0 Å². The van der Waals surface area contributed by atoms with Crippen molar-refractivity contribution < 1.29 is 27.9 Å². The standard InChI is InChI=1S/C17H16F3N3O3/c18-17(19,20)13-9-23(8-12(13)15(24)25)16(26)22-7-10-3-4-14-11(6-10)2-1-5-21-14/h1-6,12-13H,7-9H2,(H,22,26)(H,24,25)/t12-,13-/m1/s1. The van der Waals surface area contributed by atoms with E-state index in [2.05, 4.69) is 10.3 Å². The number of amides is 2. The van der Waals surface area contributed by atoms with Crippen LogP contribution in [-0.2, 0) is 11.3 Å². The minimum Gasteiger partial charge on any atom is -0.481 e. The maximum absolute atomic E-state index is 13.0. The number of nitrogens with one attached hydrogen (secondary N) is 1. The fourth-order valence-electron chi connectivity index (χ4n) is 3.08. The van der Waals surface area contributed by atoms with Crippen molar-refractivity contribution in [3.63, 3.8) is 0 Å². The first-order valence-corrected chi connectivity index (χ1v) is 7.91. The van der Waals surface area contributed by atoms with Gasteiger partial charge in [0.2, 0.25) is 0 Å². The average Bonchev–Trinajstić information content (AvgIpc) is 3.05. The molecule has 2 atom stereocenters. The molecule has 1 aromatic carbocycles. The van der Waals surface area contributed by atoms with E-state index in [0.717, 1.165) is 21.4 Å². The zero-order valence-electron chi connectivity index (χ0n) is 13.5. The average molecular weight is 367 g/mol. The first-order chi connectivity index (χ1) is 12.3. The highest BCUT2D eigenvalue weighted by molar-refractivity contribution is 5.80. The Bertz CT molecular complexity index is 841. The number of aromatic nitrogens is 1. The summed E-state index contributed by atoms with van der Waals surface area (Å²) < 4.78 is 38.9. The lowest BCUT2D eigenvalue weighted by Crippen LogP contribution is -2.39. The maximum Gasteiger partial charge on any atom is 0.394 e. The Hall–Kier alpha value is -2.84. The van der Waals surface area contributed by atoms with Gasteiger partial charge in [-0.05, 0) is 23.8 Å². The van der Waals surface area contributed by atoms with Gasteiger partial charge in [0.1, 0.15) is 0 Å². The van der Waals surface area contributed by atoms with Crippen molar-refractivity contribution in [3.8, 4) is 0 Å². The van der Waals surface area contributed by atoms with Crippen molar-refractivity contribution in [1.29, 1.82) is 0 Å². The van der Waals surface area contributed by atoms with E-state index in [0.29, 0.717) is 0 Å². The number of carbonyl (C=O) groups is 2. The molecule has 2 aromatic rings. The third-order valence-electron chi connectivity index (χ3n) is 4.46. The molecule has 0 aliphatic carbocycles. The van der Waals surface area contributed by atoms with Gasteiger partial charge in [-0.3, -0.25) is 9.78 Å². The van der Waals surface area contributed by atoms with Crippen molar-refractivity contribution in [2.75, 3.05) is 13.1 Å². The summed E-state index contributed by atoms with van der Waals surface area (Å²) in [5.41, 5.74) is 1.56. The summed E-state index contributed by atoms with van der Waals surface area (Å²) >= 11 is 0. The van der Waals surface area contributed by atoms with E-state index in [4.69, 9.17) is 5.11 Å². The predicted octanol–water partition coefficient (Wildman–Crippen LogP) is 2.64. The Kier molecular flexibility index (Phi) is 4.71. The third-order valence-corrected chi connectivity index (χ3v) is 4.46. The van der Waals surface area contributed by atoms with Crippen LogP contribution in [0.3, 0.4) is 0 Å². The highest BCUT2D eigenvalue weighted by atomic mass is 19.4. The van der Waals surface area contributed by atoms with Gasteiger partial charge in [0.05, 0.1) is 17.4 Å². The SMILES string of the molecule is O=C(O)[C@@H]1CN(C(=O)NCc2ccc3ncccc3c2)C[C@H]1C(F)(F)F. The van der Waals surface area contributed by atoms with Gasteiger partial charge in [0.15, 0.2) is 0 Å². The molecule has 3 rings (SSSR count). The van der Waals surface area contributed by atoms with Gasteiger partial charge in [0, 0.05) is 31.2 Å². The maximum atomic E-state index is 13.0. The number of benzene rings is 1. The van der Waals surface area contributed by atoms with Crippen LogP contribution in [0.4, 0.5) is 18.0 Å². The second kappa shape index (κ2) is 6.81. The van der Waals surface area contributed by atoms with E-state index in [1.165, 1.54) is 0 Å². The number of fused-ring (bicyclic) bond motifs is 1. The van der Waals surface area contributed by atoms with Crippen LogP contribution < -0.4 is 5.32 Å². The topological polar surface area (TPSA) is 82.5 Å². The lowest BCUT2D eigenvalue weighted by Gasteiger charge is -2.18. The summed E-state index contributed by atoms with van der Waals surface area (Å²) in [6, 6.07) is 8.29. The smallest absolute Gasteiger partial charge is 0.394 e. The number of urea groups is 1. The first kappa shape index (κ1) is 18.0. The highest BCUT2D eigenvalue weighted by Crippen LogP contribution is 2.37. The summed E-state index contributed by atoms with van der Waals surface area (Å²) in [6.07, 6.45) is -3.00. The molecule has 0 saturated carbocycles. The molecule has 1 aromatic heterocycles. The van der Waals surface area contributed by atoms with Gasteiger partial charge >= 0.3 is 18.2 Å². The Morgan fingerprint density at radius 1 is 1.27 bits per heavy atom. The van der Waals surface area contributed by atoms with Gasteiger partial charge in [-0.1, -0.05) is 12.1 Å². The summed E-state index contributed by atoms with van der Waals surface area (Å²) in [5, 5.41) is 12.4. The number of carbonyl (C=O) groups excluding carboxylic acids is 1. The Morgan fingerprint density at radius 2 is 2.04 bits per heavy atom. The van der Waals surface area contributed by atoms with Crippen LogP contribution in [0.2, 0.25) is 0 Å². The van der Waals surface area contributed by atoms with Crippen LogP contribution >= 0.6 is 0 Å². The van der Waals surface area contributed by atoms with E-state index >= 15 is 0 Å². The molecule has 0 unspecified atom stereocenters. The lowest BCUT2D eigenvalue weighted by molar-refractivity contribution is -0.187. The number of likely N-dealkylation sites (tertiary alicyclic amines) is 1. The Labute approximate surface area is 146 Å². The van der Waals surface area contributed by atoms with Gasteiger partial charge in [0.25, 0.3) is 0 Å². The second-order valence-electron chi connectivity index (χ2n) is 6.19. The molecule has 2 amide bonds. The molecule has 0 bridgehead atoms. The van der Waals surface area contributed by atoms with Crippen LogP contribution in [0.15, 0.2) is 36.5 Å². The zero-order valence-corrected chi connectivity index (χ0v) is 13.5. The molecule has 138 valence electrons. The monoisotopic (exact) mass is 367 g/mol. The summed E-state index contributed by atoms with van der Waals surface area (Å²) in [4.78, 5) is 28.3. The van der Waals surface area contributed by atoms with Crippen LogP contribution in [0.1, 0.15) is 5.56 Å². The molecule has 1 fully saturated rings. The Morgan fingerprint density at radius 3 is 2.69 bits per heavy atom. The third kappa shape index (κ3) is 3.71. The molecular weight excluding hydrogens is 351 g/mol. The molecule has 9 heteroatoms. The predicted molar refractivity (Wildman–Crippen MR) is 86.2 cm³/mol. The molecule has 2 heterocycles. The molecule has 1 aliphatic rings. The number of carboxylic acids is 1. The number of aliphatic carboxylic acids is 1. The number of nitrogens with zero attached hydrogens (tertiary/aromatic N) is 2. The first-order valence-electron chi connectivity index (χ1n) is 7.91. The summed E-state index contributed by atoms with van der Waals surface area (Å²) in [6.45, 7) is -1.00. The van der Waals surface area contributed by atoms with Gasteiger partial charge in [-0.25, -0.2) is 4.79 Å². The van der Waals surface area contributed by atoms with Gasteiger partial charge in [-0.2, -0.15) is 13.2 Å². The van der Waals surface area contributed by atoms with E-state index < -0.39 is 43.1 Å². The molecule has 6 nitrogen and oxygen atoms in total. The fraction of sp³-hybridized carbons (Fsp3) is 0.353. The number of alkyl halides is 3. The van der Waals surface area contributed by atoms with Crippen molar-refractivity contribution in [2.24, 2.45) is 11.8 Å². The van der Waals surface area contributed by atoms with Crippen molar-refractivity contribution in [2.45, 2.75) is 12.7 Å². The quantitative estimate of drug-likeness (QED) is 0.874. The van der Waals surface area contributed by atoms with Crippen molar-refractivity contribution in [3.05, 3.63) is 42.1 Å². The lowest BCUT2D eigenvalue weighted by atomic mass is 9.96. The Balaban J connectivity index is 1.65. The van der Waals surface area contributed by atoms with E-state index in [1.54, 1.807) is 24.4 Å². The van der Waals surface area contributed by atoms with Crippen LogP contribution in [0, 0.1) is 11.8 Å².